The number of hydrogen-bond donors (Lipinski definition) is 2. The van der Waals surface area contributed by atoms with Crippen molar-refractivity contribution in [3.63, 3.8) is 0 Å². The molecule has 0 radical (unpaired) electrons. The highest BCUT2D eigenvalue weighted by molar-refractivity contribution is 6.30. The molecular weight excluding hydrogens is 366 g/mol. The minimum atomic E-state index is -0.156. The number of methoxy groups -OCH3 is 1. The Bertz CT molecular complexity index is 604. The fourth-order valence-corrected chi connectivity index (χ4v) is 3.50. The van der Waals surface area contributed by atoms with Crippen molar-refractivity contribution >= 4 is 17.6 Å². The fourth-order valence-electron chi connectivity index (χ4n) is 3.33. The largest absolute Gasteiger partial charge is 0.496 e. The van der Waals surface area contributed by atoms with E-state index in [0.717, 1.165) is 43.2 Å². The van der Waals surface area contributed by atoms with Gasteiger partial charge in [-0.25, -0.2) is 0 Å². The van der Waals surface area contributed by atoms with E-state index in [4.69, 9.17) is 30.8 Å². The Hall–Kier alpha value is -1.50. The highest BCUT2D eigenvalue weighted by atomic mass is 35.5. The van der Waals surface area contributed by atoms with Gasteiger partial charge in [0.05, 0.1) is 20.3 Å². The van der Waals surface area contributed by atoms with E-state index in [1.807, 2.05) is 25.1 Å². The van der Waals surface area contributed by atoms with Crippen LogP contribution < -0.4 is 15.4 Å². The molecule has 1 aliphatic rings. The smallest absolute Gasteiger partial charge is 0.191 e. The van der Waals surface area contributed by atoms with Crippen molar-refractivity contribution in [3.8, 4) is 5.75 Å². The van der Waals surface area contributed by atoms with Crippen LogP contribution in [0.5, 0.6) is 5.75 Å². The van der Waals surface area contributed by atoms with Gasteiger partial charge in [0.15, 0.2) is 5.96 Å². The van der Waals surface area contributed by atoms with Crippen molar-refractivity contribution in [3.05, 3.63) is 28.8 Å². The van der Waals surface area contributed by atoms with E-state index < -0.39 is 0 Å². The third-order valence-electron chi connectivity index (χ3n) is 4.81. The zero-order valence-electron chi connectivity index (χ0n) is 16.6. The van der Waals surface area contributed by atoms with Crippen LogP contribution in [0, 0.1) is 0 Å². The van der Waals surface area contributed by atoms with Gasteiger partial charge in [-0.3, -0.25) is 4.99 Å². The van der Waals surface area contributed by atoms with Crippen molar-refractivity contribution in [1.29, 1.82) is 0 Å². The van der Waals surface area contributed by atoms with Crippen LogP contribution in [-0.2, 0) is 14.9 Å². The van der Waals surface area contributed by atoms with Crippen molar-refractivity contribution in [2.45, 2.75) is 32.1 Å². The molecule has 0 aliphatic carbocycles. The van der Waals surface area contributed by atoms with Crippen LogP contribution in [0.1, 0.15) is 32.3 Å². The van der Waals surface area contributed by atoms with Gasteiger partial charge in [0.25, 0.3) is 0 Å². The monoisotopic (exact) mass is 397 g/mol. The average Bonchev–Trinajstić information content (AvgIpc) is 2.70. The van der Waals surface area contributed by atoms with Gasteiger partial charge in [0, 0.05) is 48.9 Å². The van der Waals surface area contributed by atoms with E-state index in [0.29, 0.717) is 38.0 Å². The first-order valence-corrected chi connectivity index (χ1v) is 10.0. The zero-order chi connectivity index (χ0) is 19.5. The Balaban J connectivity index is 2.23. The van der Waals surface area contributed by atoms with Crippen molar-refractivity contribution in [2.75, 3.05) is 53.2 Å². The summed E-state index contributed by atoms with van der Waals surface area (Å²) in [6.07, 6.45) is 1.76. The third-order valence-corrected chi connectivity index (χ3v) is 5.04. The molecule has 152 valence electrons. The van der Waals surface area contributed by atoms with Crippen molar-refractivity contribution in [2.24, 2.45) is 4.99 Å². The number of hydrogen-bond acceptors (Lipinski definition) is 4. The second kappa shape index (κ2) is 11.4. The maximum Gasteiger partial charge on any atom is 0.191 e. The number of rotatable bonds is 9. The maximum atomic E-state index is 6.30. The Morgan fingerprint density at radius 3 is 2.70 bits per heavy atom. The summed E-state index contributed by atoms with van der Waals surface area (Å²) in [5.41, 5.74) is 0.950. The van der Waals surface area contributed by atoms with Gasteiger partial charge in [-0.05, 0) is 44.9 Å². The first kappa shape index (κ1) is 21.8. The Labute approximate surface area is 167 Å². The molecule has 1 aliphatic heterocycles. The molecule has 0 unspecified atom stereocenters. The molecule has 1 aromatic carbocycles. The van der Waals surface area contributed by atoms with Crippen LogP contribution in [-0.4, -0.2) is 59.1 Å². The topological polar surface area (TPSA) is 64.1 Å². The molecule has 0 amide bonds. The standard InChI is InChI=1S/C20H32ClN3O3/c1-4-22-19(23-10-13-26-5-2)24-15-20(8-11-27-12-9-20)17-14-16(21)6-7-18(17)25-3/h6-7,14H,4-5,8-13,15H2,1-3H3,(H2,22,23,24). The fraction of sp³-hybridized carbons (Fsp3) is 0.650. The second-order valence-corrected chi connectivity index (χ2v) is 6.99. The lowest BCUT2D eigenvalue weighted by Gasteiger charge is -2.37. The summed E-state index contributed by atoms with van der Waals surface area (Å²) < 4.78 is 16.7. The van der Waals surface area contributed by atoms with E-state index in [9.17, 15) is 0 Å². The van der Waals surface area contributed by atoms with E-state index in [2.05, 4.69) is 17.6 Å². The van der Waals surface area contributed by atoms with Crippen molar-refractivity contribution < 1.29 is 14.2 Å². The SMILES string of the molecule is CCNC(=NCC1(c2cc(Cl)ccc2OC)CCOCC1)NCCOCC. The van der Waals surface area contributed by atoms with E-state index in [1.165, 1.54) is 0 Å². The quantitative estimate of drug-likeness (QED) is 0.381. The third kappa shape index (κ3) is 6.26. The predicted octanol–water partition coefficient (Wildman–Crippen LogP) is 2.99. The van der Waals surface area contributed by atoms with E-state index >= 15 is 0 Å². The second-order valence-electron chi connectivity index (χ2n) is 6.56. The van der Waals surface area contributed by atoms with Gasteiger partial charge >= 0.3 is 0 Å². The normalized spacial score (nSPS) is 16.8. The Morgan fingerprint density at radius 2 is 2.04 bits per heavy atom. The summed E-state index contributed by atoms with van der Waals surface area (Å²) in [5.74, 6) is 1.65. The first-order valence-electron chi connectivity index (χ1n) is 9.67. The number of nitrogens with one attached hydrogen (secondary N) is 2. The van der Waals surface area contributed by atoms with Gasteiger partial charge in [-0.1, -0.05) is 11.6 Å². The molecule has 0 bridgehead atoms. The highest BCUT2D eigenvalue weighted by Gasteiger charge is 2.37. The van der Waals surface area contributed by atoms with Gasteiger partial charge in [0.1, 0.15) is 5.75 Å². The number of nitrogens with zero attached hydrogens (tertiary/aromatic N) is 1. The summed E-state index contributed by atoms with van der Waals surface area (Å²) in [4.78, 5) is 4.87. The lowest BCUT2D eigenvalue weighted by molar-refractivity contribution is 0.0522. The summed E-state index contributed by atoms with van der Waals surface area (Å²) in [5, 5.41) is 7.34. The lowest BCUT2D eigenvalue weighted by atomic mass is 9.73. The molecule has 0 atom stereocenters. The molecule has 2 rings (SSSR count). The molecule has 7 heteroatoms. The minimum Gasteiger partial charge on any atom is -0.496 e. The molecule has 6 nitrogen and oxygen atoms in total. The maximum absolute atomic E-state index is 6.30. The number of ether oxygens (including phenoxy) is 3. The van der Waals surface area contributed by atoms with Gasteiger partial charge in [-0.2, -0.15) is 0 Å². The van der Waals surface area contributed by atoms with Crippen LogP contribution in [0.3, 0.4) is 0 Å². The van der Waals surface area contributed by atoms with Crippen molar-refractivity contribution in [1.82, 2.24) is 10.6 Å². The Morgan fingerprint density at radius 1 is 1.26 bits per heavy atom. The molecular formula is C20H32ClN3O3. The number of aliphatic imine (C=N–C) groups is 1. The van der Waals surface area contributed by atoms with Crippen LogP contribution in [0.15, 0.2) is 23.2 Å². The molecule has 1 heterocycles. The Kier molecular flexibility index (Phi) is 9.18. The number of benzene rings is 1. The zero-order valence-corrected chi connectivity index (χ0v) is 17.4. The molecule has 0 spiro atoms. The molecule has 1 saturated heterocycles. The average molecular weight is 398 g/mol. The van der Waals surface area contributed by atoms with Crippen LogP contribution >= 0.6 is 11.6 Å². The molecule has 27 heavy (non-hydrogen) atoms. The number of halogens is 1. The van der Waals surface area contributed by atoms with Crippen LogP contribution in [0.2, 0.25) is 5.02 Å². The molecule has 0 aromatic heterocycles. The van der Waals surface area contributed by atoms with E-state index in [-0.39, 0.29) is 5.41 Å². The summed E-state index contributed by atoms with van der Waals surface area (Å²) in [7, 11) is 1.70. The van der Waals surface area contributed by atoms with Gasteiger partial charge in [-0.15, -0.1) is 0 Å². The summed E-state index contributed by atoms with van der Waals surface area (Å²) in [6, 6.07) is 5.81. The number of guanidine groups is 1. The summed E-state index contributed by atoms with van der Waals surface area (Å²) >= 11 is 6.30. The van der Waals surface area contributed by atoms with Gasteiger partial charge in [0.2, 0.25) is 0 Å². The molecule has 1 fully saturated rings. The van der Waals surface area contributed by atoms with E-state index in [1.54, 1.807) is 7.11 Å². The van der Waals surface area contributed by atoms with Crippen LogP contribution in [0.25, 0.3) is 0 Å². The summed E-state index contributed by atoms with van der Waals surface area (Å²) in [6.45, 7) is 8.99. The first-order chi connectivity index (χ1) is 13.1. The predicted molar refractivity (Wildman–Crippen MR) is 110 cm³/mol. The lowest BCUT2D eigenvalue weighted by Crippen LogP contribution is -2.42. The van der Waals surface area contributed by atoms with Gasteiger partial charge < -0.3 is 24.8 Å². The highest BCUT2D eigenvalue weighted by Crippen LogP contribution is 2.41. The molecule has 1 aromatic rings. The van der Waals surface area contributed by atoms with Crippen LogP contribution in [0.4, 0.5) is 0 Å². The molecule has 0 saturated carbocycles. The minimum absolute atomic E-state index is 0.156. The molecule has 2 N–H and O–H groups in total.